The molecular formula is C22H10Cl3F9N2. The summed E-state index contributed by atoms with van der Waals surface area (Å²) in [6, 6.07) is 7.50. The molecule has 0 saturated heterocycles. The van der Waals surface area contributed by atoms with Gasteiger partial charge in [0.15, 0.2) is 0 Å². The van der Waals surface area contributed by atoms with Crippen molar-refractivity contribution in [2.75, 3.05) is 5.43 Å². The first-order chi connectivity index (χ1) is 16.5. The molecule has 0 aromatic heterocycles. The van der Waals surface area contributed by atoms with E-state index in [9.17, 15) is 39.5 Å². The fraction of sp³-hybridized carbons (Fsp3) is 0.136. The zero-order valence-corrected chi connectivity index (χ0v) is 19.4. The van der Waals surface area contributed by atoms with Crippen LogP contribution in [0.1, 0.15) is 27.8 Å². The van der Waals surface area contributed by atoms with Crippen LogP contribution in [0.4, 0.5) is 45.2 Å². The Morgan fingerprint density at radius 2 is 0.917 bits per heavy atom. The summed E-state index contributed by atoms with van der Waals surface area (Å²) in [6.45, 7) is 0. The second-order valence-corrected chi connectivity index (χ2v) is 8.37. The van der Waals surface area contributed by atoms with E-state index in [2.05, 4.69) is 10.5 Å². The number of nitrogens with one attached hydrogen (secondary N) is 1. The van der Waals surface area contributed by atoms with E-state index in [0.29, 0.717) is 18.2 Å². The van der Waals surface area contributed by atoms with E-state index in [1.165, 1.54) is 0 Å². The van der Waals surface area contributed by atoms with Crippen molar-refractivity contribution >= 4 is 46.2 Å². The number of benzene rings is 3. The van der Waals surface area contributed by atoms with Crippen molar-refractivity contribution in [2.24, 2.45) is 5.10 Å². The molecule has 0 aliphatic rings. The van der Waals surface area contributed by atoms with Gasteiger partial charge < -0.3 is 0 Å². The summed E-state index contributed by atoms with van der Waals surface area (Å²) in [5.74, 6) is 0. The van der Waals surface area contributed by atoms with Crippen LogP contribution in [0.15, 0.2) is 59.7 Å². The van der Waals surface area contributed by atoms with Crippen LogP contribution in [-0.4, -0.2) is 5.71 Å². The minimum absolute atomic E-state index is 0.292. The van der Waals surface area contributed by atoms with Crippen molar-refractivity contribution in [1.82, 2.24) is 0 Å². The second-order valence-electron chi connectivity index (χ2n) is 7.15. The molecule has 0 fully saturated rings. The third-order valence-electron chi connectivity index (χ3n) is 4.66. The van der Waals surface area contributed by atoms with Crippen molar-refractivity contribution in [2.45, 2.75) is 18.5 Å². The summed E-state index contributed by atoms with van der Waals surface area (Å²) >= 11 is 16.8. The molecule has 0 bridgehead atoms. The van der Waals surface area contributed by atoms with Crippen molar-refractivity contribution < 1.29 is 39.5 Å². The Bertz CT molecular complexity index is 1250. The van der Waals surface area contributed by atoms with E-state index < -0.39 is 56.0 Å². The molecule has 0 spiro atoms. The fourth-order valence-electron chi connectivity index (χ4n) is 3.01. The summed E-state index contributed by atoms with van der Waals surface area (Å²) in [4.78, 5) is 0. The summed E-state index contributed by atoms with van der Waals surface area (Å²) in [6.07, 6.45) is -14.7. The maximum atomic E-state index is 13.4. The molecule has 0 saturated carbocycles. The molecule has 0 heterocycles. The predicted octanol–water partition coefficient (Wildman–Crippen LogP) is 9.57. The highest BCUT2D eigenvalue weighted by atomic mass is 35.5. The van der Waals surface area contributed by atoms with Gasteiger partial charge in [-0.3, -0.25) is 5.43 Å². The van der Waals surface area contributed by atoms with Gasteiger partial charge in [-0.05, 0) is 42.5 Å². The first-order valence-corrected chi connectivity index (χ1v) is 10.6. The number of hydrazone groups is 1. The van der Waals surface area contributed by atoms with Crippen LogP contribution < -0.4 is 5.43 Å². The number of halogens is 12. The lowest BCUT2D eigenvalue weighted by molar-refractivity contribution is -0.138. The fourth-order valence-corrected chi connectivity index (χ4v) is 3.68. The summed E-state index contributed by atoms with van der Waals surface area (Å²) < 4.78 is 120. The van der Waals surface area contributed by atoms with Gasteiger partial charge in [0.1, 0.15) is 0 Å². The number of nitrogens with zero attached hydrogens (tertiary/aromatic N) is 1. The second kappa shape index (κ2) is 10.0. The van der Waals surface area contributed by atoms with Gasteiger partial charge in [0.05, 0.1) is 43.2 Å². The van der Waals surface area contributed by atoms with Crippen LogP contribution in [0.25, 0.3) is 0 Å². The molecule has 36 heavy (non-hydrogen) atoms. The number of hydrogen-bond acceptors (Lipinski definition) is 2. The SMILES string of the molecule is FC(F)(F)c1cc(NN=C(c2ccc(Cl)c(C(F)(F)F)c2)c2ccc(Cl)c(C(F)(F)F)c2)ccc1Cl. The largest absolute Gasteiger partial charge is 0.417 e. The highest BCUT2D eigenvalue weighted by Crippen LogP contribution is 2.39. The number of rotatable bonds is 4. The van der Waals surface area contributed by atoms with Crippen LogP contribution in [0.5, 0.6) is 0 Å². The monoisotopic (exact) mass is 578 g/mol. The Hall–Kier alpha value is -2.63. The Morgan fingerprint density at radius 1 is 0.556 bits per heavy atom. The zero-order chi connectivity index (χ0) is 27.1. The van der Waals surface area contributed by atoms with E-state index in [1.54, 1.807) is 0 Å². The molecule has 1 N–H and O–H groups in total. The smallest absolute Gasteiger partial charge is 0.278 e. The van der Waals surface area contributed by atoms with Crippen molar-refractivity contribution in [1.29, 1.82) is 0 Å². The lowest BCUT2D eigenvalue weighted by Crippen LogP contribution is -2.13. The molecule has 14 heteroatoms. The average molecular weight is 580 g/mol. The number of anilines is 1. The van der Waals surface area contributed by atoms with Gasteiger partial charge in [0.25, 0.3) is 0 Å². The van der Waals surface area contributed by atoms with Crippen LogP contribution in [0.3, 0.4) is 0 Å². The van der Waals surface area contributed by atoms with Gasteiger partial charge in [-0.25, -0.2) is 0 Å². The lowest BCUT2D eigenvalue weighted by Gasteiger charge is -2.16. The molecule has 0 atom stereocenters. The van der Waals surface area contributed by atoms with E-state index in [-0.39, 0.29) is 16.8 Å². The Balaban J connectivity index is 2.20. The Kier molecular flexibility index (Phi) is 7.78. The van der Waals surface area contributed by atoms with Crippen molar-refractivity contribution in [3.05, 3.63) is 97.5 Å². The van der Waals surface area contributed by atoms with Crippen LogP contribution in [0.2, 0.25) is 15.1 Å². The zero-order valence-electron chi connectivity index (χ0n) is 17.2. The molecule has 0 aliphatic heterocycles. The Labute approximate surface area is 212 Å². The van der Waals surface area contributed by atoms with E-state index in [0.717, 1.165) is 36.4 Å². The summed E-state index contributed by atoms with van der Waals surface area (Å²) in [5.41, 5.74) is -3.04. The van der Waals surface area contributed by atoms with Crippen molar-refractivity contribution in [3.63, 3.8) is 0 Å². The molecule has 3 aromatic carbocycles. The summed E-state index contributed by atoms with van der Waals surface area (Å²) in [5, 5.41) is 1.84. The molecule has 192 valence electrons. The van der Waals surface area contributed by atoms with Crippen LogP contribution in [0, 0.1) is 0 Å². The third-order valence-corrected chi connectivity index (χ3v) is 5.65. The summed E-state index contributed by atoms with van der Waals surface area (Å²) in [7, 11) is 0. The van der Waals surface area contributed by atoms with Gasteiger partial charge in [-0.15, -0.1) is 0 Å². The third kappa shape index (κ3) is 6.37. The highest BCUT2D eigenvalue weighted by molar-refractivity contribution is 6.32. The lowest BCUT2D eigenvalue weighted by atomic mass is 9.98. The normalized spacial score (nSPS) is 12.4. The number of hydrogen-bond donors (Lipinski definition) is 1. The maximum absolute atomic E-state index is 13.4. The molecular weight excluding hydrogens is 570 g/mol. The average Bonchev–Trinajstić information content (AvgIpc) is 2.74. The molecule has 0 amide bonds. The Morgan fingerprint density at radius 3 is 1.31 bits per heavy atom. The highest BCUT2D eigenvalue weighted by Gasteiger charge is 2.36. The first kappa shape index (κ1) is 27.9. The van der Waals surface area contributed by atoms with E-state index in [1.807, 2.05) is 0 Å². The van der Waals surface area contributed by atoms with E-state index in [4.69, 9.17) is 34.8 Å². The maximum Gasteiger partial charge on any atom is 0.417 e. The molecule has 0 unspecified atom stereocenters. The molecule has 2 nitrogen and oxygen atoms in total. The molecule has 3 rings (SSSR count). The first-order valence-electron chi connectivity index (χ1n) is 9.43. The quantitative estimate of drug-likeness (QED) is 0.186. The van der Waals surface area contributed by atoms with Crippen LogP contribution in [-0.2, 0) is 18.5 Å². The van der Waals surface area contributed by atoms with E-state index >= 15 is 0 Å². The number of alkyl halides is 9. The minimum atomic E-state index is -4.92. The molecule has 0 aliphatic carbocycles. The van der Waals surface area contributed by atoms with Gasteiger partial charge in [-0.2, -0.15) is 44.6 Å². The van der Waals surface area contributed by atoms with Gasteiger partial charge in [0, 0.05) is 11.1 Å². The van der Waals surface area contributed by atoms with Gasteiger partial charge in [0.2, 0.25) is 0 Å². The predicted molar refractivity (Wildman–Crippen MR) is 119 cm³/mol. The minimum Gasteiger partial charge on any atom is -0.278 e. The molecule has 0 radical (unpaired) electrons. The molecule has 3 aromatic rings. The topological polar surface area (TPSA) is 24.4 Å². The van der Waals surface area contributed by atoms with Gasteiger partial charge in [-0.1, -0.05) is 46.9 Å². The van der Waals surface area contributed by atoms with Gasteiger partial charge >= 0.3 is 18.5 Å². The van der Waals surface area contributed by atoms with Crippen molar-refractivity contribution in [3.8, 4) is 0 Å². The standard InChI is InChI=1S/C22H10Cl3F9N2/c23-16-4-1-10(7-13(16)20(26,27)28)19(11-2-5-17(24)14(8-11)21(29,30)31)36-35-12-3-6-18(25)15(9-12)22(32,33)34/h1-9,35H. The van der Waals surface area contributed by atoms with Crippen LogP contribution >= 0.6 is 34.8 Å².